The van der Waals surface area contributed by atoms with Crippen LogP contribution < -0.4 is 20.5 Å². The molecule has 0 heterocycles. The van der Waals surface area contributed by atoms with E-state index >= 15 is 0 Å². The van der Waals surface area contributed by atoms with Gasteiger partial charge in [-0.2, -0.15) is 0 Å². The molecule has 0 aromatic heterocycles. The fourth-order valence-corrected chi connectivity index (χ4v) is 2.12. The second-order valence-electron chi connectivity index (χ2n) is 5.16. The van der Waals surface area contributed by atoms with Gasteiger partial charge in [-0.15, -0.1) is 0 Å². The van der Waals surface area contributed by atoms with Gasteiger partial charge in [-0.05, 0) is 44.4 Å². The van der Waals surface area contributed by atoms with Gasteiger partial charge in [0.2, 0.25) is 5.91 Å². The predicted octanol–water partition coefficient (Wildman–Crippen LogP) is 1.63. The molecule has 1 aromatic carbocycles. The molecule has 0 bridgehead atoms. The number of nitrogens with two attached hydrogens (primary N) is 1. The molecule has 1 amide bonds. The van der Waals surface area contributed by atoms with E-state index in [4.69, 9.17) is 15.2 Å². The first-order chi connectivity index (χ1) is 10.2. The van der Waals surface area contributed by atoms with E-state index in [2.05, 4.69) is 5.32 Å². The van der Waals surface area contributed by atoms with Gasteiger partial charge >= 0.3 is 0 Å². The maximum Gasteiger partial charge on any atom is 0.223 e. The topological polar surface area (TPSA) is 73.6 Å². The molecule has 116 valence electrons. The van der Waals surface area contributed by atoms with Crippen molar-refractivity contribution in [3.05, 3.63) is 23.8 Å². The Labute approximate surface area is 125 Å². The van der Waals surface area contributed by atoms with E-state index in [1.807, 2.05) is 25.1 Å². The van der Waals surface area contributed by atoms with Gasteiger partial charge < -0.3 is 20.5 Å². The predicted molar refractivity (Wildman–Crippen MR) is 81.6 cm³/mol. The summed E-state index contributed by atoms with van der Waals surface area (Å²) in [6.45, 7) is 3.40. The number of ether oxygens (including phenoxy) is 2. The van der Waals surface area contributed by atoms with Crippen molar-refractivity contribution in [2.75, 3.05) is 19.8 Å². The average molecular weight is 292 g/mol. The summed E-state index contributed by atoms with van der Waals surface area (Å²) in [5.74, 6) is 1.47. The van der Waals surface area contributed by atoms with E-state index < -0.39 is 0 Å². The fourth-order valence-electron chi connectivity index (χ4n) is 2.12. The van der Waals surface area contributed by atoms with Crippen LogP contribution in [-0.2, 0) is 11.2 Å². The average Bonchev–Trinajstić information content (AvgIpc) is 3.26. The molecule has 3 N–H and O–H groups in total. The Balaban J connectivity index is 1.93. The Morgan fingerprint density at radius 3 is 2.86 bits per heavy atom. The molecule has 2 rings (SSSR count). The molecule has 0 atom stereocenters. The molecule has 0 spiro atoms. The van der Waals surface area contributed by atoms with Crippen molar-refractivity contribution in [2.24, 2.45) is 5.73 Å². The highest BCUT2D eigenvalue weighted by Crippen LogP contribution is 2.31. The molecule has 1 aliphatic carbocycles. The molecule has 21 heavy (non-hydrogen) atoms. The first-order valence-corrected chi connectivity index (χ1v) is 7.61. The van der Waals surface area contributed by atoms with Gasteiger partial charge in [-0.25, -0.2) is 0 Å². The minimum absolute atomic E-state index is 0.0479. The summed E-state index contributed by atoms with van der Waals surface area (Å²) in [7, 11) is 0. The molecule has 0 unspecified atom stereocenters. The van der Waals surface area contributed by atoms with Crippen LogP contribution in [0.5, 0.6) is 11.5 Å². The van der Waals surface area contributed by atoms with Crippen LogP contribution in [0.3, 0.4) is 0 Å². The van der Waals surface area contributed by atoms with Gasteiger partial charge in [-0.3, -0.25) is 4.79 Å². The molecule has 0 aliphatic heterocycles. The number of amides is 1. The third-order valence-electron chi connectivity index (χ3n) is 3.29. The molecule has 1 saturated carbocycles. The minimum atomic E-state index is 0.0479. The van der Waals surface area contributed by atoms with Gasteiger partial charge in [0.25, 0.3) is 0 Å². The van der Waals surface area contributed by atoms with Gasteiger partial charge in [0.1, 0.15) is 0 Å². The normalized spacial score (nSPS) is 13.8. The zero-order valence-electron chi connectivity index (χ0n) is 12.6. The third kappa shape index (κ3) is 4.93. The SMILES string of the molecule is CCOc1cccc(CCN)c1OCCC(=O)NC1CC1. The van der Waals surface area contributed by atoms with Crippen LogP contribution >= 0.6 is 0 Å². The summed E-state index contributed by atoms with van der Waals surface area (Å²) >= 11 is 0. The van der Waals surface area contributed by atoms with Crippen molar-refractivity contribution in [2.45, 2.75) is 38.6 Å². The van der Waals surface area contributed by atoms with Crippen LogP contribution in [0, 0.1) is 0 Å². The highest BCUT2D eigenvalue weighted by atomic mass is 16.5. The van der Waals surface area contributed by atoms with Crippen LogP contribution in [0.2, 0.25) is 0 Å². The van der Waals surface area contributed by atoms with Crippen LogP contribution in [0.4, 0.5) is 0 Å². The number of carbonyl (C=O) groups is 1. The van der Waals surface area contributed by atoms with E-state index in [0.29, 0.717) is 43.7 Å². The number of hydrogen-bond donors (Lipinski definition) is 2. The first-order valence-electron chi connectivity index (χ1n) is 7.61. The Hall–Kier alpha value is -1.75. The summed E-state index contributed by atoms with van der Waals surface area (Å²) in [5.41, 5.74) is 6.65. The summed E-state index contributed by atoms with van der Waals surface area (Å²) < 4.78 is 11.4. The Bertz CT molecular complexity index is 448. The number of carbonyl (C=O) groups excluding carboxylic acids is 1. The summed E-state index contributed by atoms with van der Waals surface area (Å²) in [4.78, 5) is 11.7. The smallest absolute Gasteiger partial charge is 0.223 e. The number of para-hydroxylation sites is 1. The van der Waals surface area contributed by atoms with Crippen LogP contribution in [0.25, 0.3) is 0 Å². The highest BCUT2D eigenvalue weighted by Gasteiger charge is 2.23. The summed E-state index contributed by atoms with van der Waals surface area (Å²) in [6, 6.07) is 6.18. The molecule has 5 nitrogen and oxygen atoms in total. The molecule has 0 radical (unpaired) electrons. The summed E-state index contributed by atoms with van der Waals surface area (Å²) in [5, 5.41) is 2.95. The largest absolute Gasteiger partial charge is 0.490 e. The molecular formula is C16H24N2O3. The second-order valence-corrected chi connectivity index (χ2v) is 5.16. The molecule has 0 saturated heterocycles. The summed E-state index contributed by atoms with van der Waals surface area (Å²) in [6.07, 6.45) is 3.28. The zero-order valence-corrected chi connectivity index (χ0v) is 12.6. The van der Waals surface area contributed by atoms with Gasteiger partial charge in [0.05, 0.1) is 19.6 Å². The molecule has 1 aliphatic rings. The lowest BCUT2D eigenvalue weighted by Crippen LogP contribution is -2.26. The quantitative estimate of drug-likeness (QED) is 0.725. The number of nitrogens with one attached hydrogen (secondary N) is 1. The van der Waals surface area contributed by atoms with Crippen molar-refractivity contribution in [1.29, 1.82) is 0 Å². The van der Waals surface area contributed by atoms with E-state index in [0.717, 1.165) is 24.8 Å². The lowest BCUT2D eigenvalue weighted by atomic mass is 10.1. The van der Waals surface area contributed by atoms with Crippen LogP contribution in [0.15, 0.2) is 18.2 Å². The third-order valence-corrected chi connectivity index (χ3v) is 3.29. The molecule has 5 heteroatoms. The standard InChI is InChI=1S/C16H24N2O3/c1-2-20-14-5-3-4-12(8-10-17)16(14)21-11-9-15(19)18-13-6-7-13/h3-5,13H,2,6-11,17H2,1H3,(H,18,19). The Morgan fingerprint density at radius 1 is 1.38 bits per heavy atom. The van der Waals surface area contributed by atoms with E-state index in [1.54, 1.807) is 0 Å². The van der Waals surface area contributed by atoms with E-state index in [9.17, 15) is 4.79 Å². The minimum Gasteiger partial charge on any atom is -0.490 e. The lowest BCUT2D eigenvalue weighted by molar-refractivity contribution is -0.121. The maximum absolute atomic E-state index is 11.7. The number of hydrogen-bond acceptors (Lipinski definition) is 4. The van der Waals surface area contributed by atoms with Crippen molar-refractivity contribution in [3.8, 4) is 11.5 Å². The fraction of sp³-hybridized carbons (Fsp3) is 0.562. The second kappa shape index (κ2) is 7.88. The monoisotopic (exact) mass is 292 g/mol. The van der Waals surface area contributed by atoms with E-state index in [-0.39, 0.29) is 5.91 Å². The lowest BCUT2D eigenvalue weighted by Gasteiger charge is -2.15. The zero-order chi connectivity index (χ0) is 15.1. The van der Waals surface area contributed by atoms with Gasteiger partial charge in [0.15, 0.2) is 11.5 Å². The van der Waals surface area contributed by atoms with Crippen molar-refractivity contribution in [1.82, 2.24) is 5.32 Å². The molecular weight excluding hydrogens is 268 g/mol. The van der Waals surface area contributed by atoms with Gasteiger partial charge in [0, 0.05) is 6.04 Å². The van der Waals surface area contributed by atoms with E-state index in [1.165, 1.54) is 0 Å². The van der Waals surface area contributed by atoms with Crippen LogP contribution in [0.1, 0.15) is 31.7 Å². The number of benzene rings is 1. The molecule has 1 fully saturated rings. The molecule has 1 aromatic rings. The van der Waals surface area contributed by atoms with Crippen molar-refractivity contribution in [3.63, 3.8) is 0 Å². The van der Waals surface area contributed by atoms with Crippen molar-refractivity contribution < 1.29 is 14.3 Å². The number of rotatable bonds is 9. The van der Waals surface area contributed by atoms with Crippen molar-refractivity contribution >= 4 is 5.91 Å². The van der Waals surface area contributed by atoms with Crippen LogP contribution in [-0.4, -0.2) is 31.7 Å². The van der Waals surface area contributed by atoms with Gasteiger partial charge in [-0.1, -0.05) is 12.1 Å². The first kappa shape index (κ1) is 15.6. The highest BCUT2D eigenvalue weighted by molar-refractivity contribution is 5.76. The Morgan fingerprint density at radius 2 is 2.19 bits per heavy atom. The Kier molecular flexibility index (Phi) is 5.87. The maximum atomic E-state index is 11.7.